The first-order chi connectivity index (χ1) is 7.60. The van der Waals surface area contributed by atoms with Gasteiger partial charge in [0, 0.05) is 11.4 Å². The highest BCUT2D eigenvalue weighted by Crippen LogP contribution is 2.07. The Morgan fingerprint density at radius 3 is 2.62 bits per heavy atom. The number of hydrogen-bond donors (Lipinski definition) is 1. The van der Waals surface area contributed by atoms with Gasteiger partial charge in [-0.15, -0.1) is 9.24 Å². The third-order valence-corrected chi connectivity index (χ3v) is 1.92. The summed E-state index contributed by atoms with van der Waals surface area (Å²) in [6, 6.07) is 0. The Labute approximate surface area is 99.8 Å². The van der Waals surface area contributed by atoms with Crippen LogP contribution in [0.15, 0.2) is 60.2 Å². The average molecular weight is 235 g/mol. The number of rotatable bonds is 5. The van der Waals surface area contributed by atoms with E-state index in [4.69, 9.17) is 10.1 Å². The molecule has 1 unspecified atom stereocenters. The zero-order valence-corrected chi connectivity index (χ0v) is 10.9. The highest BCUT2D eigenvalue weighted by atomic mass is 31.0. The van der Waals surface area contributed by atoms with E-state index in [1.165, 1.54) is 6.26 Å². The second-order valence-corrected chi connectivity index (χ2v) is 3.74. The van der Waals surface area contributed by atoms with Crippen molar-refractivity contribution in [2.24, 2.45) is 0 Å². The van der Waals surface area contributed by atoms with Gasteiger partial charge in [-0.1, -0.05) is 37.0 Å². The van der Waals surface area contributed by atoms with E-state index in [9.17, 15) is 0 Å². The van der Waals surface area contributed by atoms with E-state index >= 15 is 0 Å². The predicted molar refractivity (Wildman–Crippen MR) is 74.5 cm³/mol. The van der Waals surface area contributed by atoms with Crippen LogP contribution in [0, 0.1) is 5.41 Å². The van der Waals surface area contributed by atoms with E-state index in [1.807, 2.05) is 38.2 Å². The Morgan fingerprint density at radius 2 is 2.06 bits per heavy atom. The van der Waals surface area contributed by atoms with Crippen LogP contribution in [0.3, 0.4) is 0 Å². The van der Waals surface area contributed by atoms with Crippen LogP contribution in [-0.4, -0.2) is 5.90 Å². The molecule has 0 aromatic rings. The fraction of sp³-hybridized carbons (Fsp3) is 0.154. The van der Waals surface area contributed by atoms with Gasteiger partial charge in [0.25, 0.3) is 0 Å². The van der Waals surface area contributed by atoms with E-state index in [1.54, 1.807) is 12.2 Å². The van der Waals surface area contributed by atoms with Gasteiger partial charge in [0.15, 0.2) is 0 Å². The molecule has 0 aromatic carbocycles. The van der Waals surface area contributed by atoms with Crippen LogP contribution in [0.2, 0.25) is 0 Å². The second kappa shape index (κ2) is 8.87. The molecule has 0 saturated heterocycles. The zero-order valence-electron chi connectivity index (χ0n) is 9.73. The first kappa shape index (κ1) is 14.6. The lowest BCUT2D eigenvalue weighted by Crippen LogP contribution is -1.93. The van der Waals surface area contributed by atoms with Gasteiger partial charge in [-0.05, 0) is 19.4 Å². The van der Waals surface area contributed by atoms with Gasteiger partial charge >= 0.3 is 0 Å². The topological polar surface area (TPSA) is 33.1 Å². The van der Waals surface area contributed by atoms with Gasteiger partial charge in [-0.3, -0.25) is 5.41 Å². The maximum atomic E-state index is 7.49. The first-order valence-corrected chi connectivity index (χ1v) is 5.48. The maximum absolute atomic E-state index is 7.49. The quantitative estimate of drug-likeness (QED) is 0.253. The molecule has 0 aliphatic carbocycles. The fourth-order valence-electron chi connectivity index (χ4n) is 0.748. The van der Waals surface area contributed by atoms with Gasteiger partial charge < -0.3 is 4.74 Å². The van der Waals surface area contributed by atoms with Crippen molar-refractivity contribution in [3.63, 3.8) is 0 Å². The zero-order chi connectivity index (χ0) is 12.4. The summed E-state index contributed by atoms with van der Waals surface area (Å²) in [5.74, 6) is 0.0942. The third-order valence-electron chi connectivity index (χ3n) is 1.59. The molecule has 0 aliphatic heterocycles. The van der Waals surface area contributed by atoms with Crippen molar-refractivity contribution in [1.82, 2.24) is 0 Å². The van der Waals surface area contributed by atoms with Crippen molar-refractivity contribution in [3.05, 3.63) is 60.2 Å². The van der Waals surface area contributed by atoms with E-state index in [0.717, 1.165) is 10.9 Å². The highest BCUT2D eigenvalue weighted by molar-refractivity contribution is 7.22. The minimum absolute atomic E-state index is 0.0942. The van der Waals surface area contributed by atoms with Crippen LogP contribution in [0.4, 0.5) is 0 Å². The maximum Gasteiger partial charge on any atom is 0.211 e. The van der Waals surface area contributed by atoms with Crippen LogP contribution >= 0.6 is 9.24 Å². The fourth-order valence-corrected chi connectivity index (χ4v) is 0.927. The molecule has 3 heteroatoms. The minimum Gasteiger partial charge on any atom is -0.447 e. The Kier molecular flexibility index (Phi) is 8.10. The molecule has 0 amide bonds. The summed E-state index contributed by atoms with van der Waals surface area (Å²) in [6.07, 6.45) is 12.4. The Morgan fingerprint density at radius 1 is 1.38 bits per heavy atom. The van der Waals surface area contributed by atoms with Gasteiger partial charge in [0.1, 0.15) is 6.26 Å². The molecular weight excluding hydrogens is 217 g/mol. The van der Waals surface area contributed by atoms with Crippen LogP contribution < -0.4 is 0 Å². The molecule has 2 nitrogen and oxygen atoms in total. The Bertz CT molecular complexity index is 362. The van der Waals surface area contributed by atoms with Crippen LogP contribution in [0.1, 0.15) is 13.8 Å². The van der Waals surface area contributed by atoms with Gasteiger partial charge in [0.2, 0.25) is 5.90 Å². The van der Waals surface area contributed by atoms with Crippen LogP contribution in [0.5, 0.6) is 0 Å². The van der Waals surface area contributed by atoms with Gasteiger partial charge in [0.05, 0.1) is 0 Å². The number of hydrogen-bond acceptors (Lipinski definition) is 2. The summed E-state index contributed by atoms with van der Waals surface area (Å²) in [5, 5.41) is 8.36. The smallest absolute Gasteiger partial charge is 0.211 e. The first-order valence-electron chi connectivity index (χ1n) is 4.91. The molecule has 0 aliphatic rings. The monoisotopic (exact) mass is 235 g/mol. The summed E-state index contributed by atoms with van der Waals surface area (Å²) in [6.45, 7) is 7.41. The lowest BCUT2D eigenvalue weighted by molar-refractivity contribution is 0.471. The molecule has 1 atom stereocenters. The van der Waals surface area contributed by atoms with E-state index in [2.05, 4.69) is 15.8 Å². The van der Waals surface area contributed by atoms with Gasteiger partial charge in [-0.25, -0.2) is 0 Å². The standard InChI is InChI=1S/C13H18NOP/c1-4-6-7-8-12(16)10-15-13(14)9-11(3)5-2/h4-10,14H,2,16H2,1,3H3/b6-4-,8-7-,11-9-,12-10-,14-13?. The van der Waals surface area contributed by atoms with Crippen LogP contribution in [0.25, 0.3) is 0 Å². The number of ether oxygens (including phenoxy) is 1. The molecule has 86 valence electrons. The second-order valence-electron chi connectivity index (χ2n) is 3.08. The SMILES string of the molecule is C=C/C(C)=C\C(=N)O/C=C(P)/C=C\C=C/C. The minimum atomic E-state index is 0.0942. The molecule has 0 saturated carbocycles. The molecule has 0 fully saturated rings. The van der Waals surface area contributed by atoms with Crippen LogP contribution in [-0.2, 0) is 4.74 Å². The summed E-state index contributed by atoms with van der Waals surface area (Å²) in [7, 11) is 2.53. The van der Waals surface area contributed by atoms with Crippen molar-refractivity contribution in [2.75, 3.05) is 0 Å². The summed E-state index contributed by atoms with van der Waals surface area (Å²) in [4.78, 5) is 0. The van der Waals surface area contributed by atoms with Gasteiger partial charge in [-0.2, -0.15) is 0 Å². The van der Waals surface area contributed by atoms with E-state index in [0.29, 0.717) is 0 Å². The van der Waals surface area contributed by atoms with Crippen molar-refractivity contribution in [1.29, 1.82) is 5.41 Å². The number of allylic oxidation sites excluding steroid dienone is 7. The molecule has 0 rings (SSSR count). The molecule has 0 radical (unpaired) electrons. The summed E-state index contributed by atoms with van der Waals surface area (Å²) < 4.78 is 5.11. The Hall–Kier alpha value is -1.40. The van der Waals surface area contributed by atoms with Crippen molar-refractivity contribution >= 4 is 15.1 Å². The molecule has 0 aromatic heterocycles. The average Bonchev–Trinajstić information content (AvgIpc) is 2.26. The largest absolute Gasteiger partial charge is 0.447 e. The summed E-state index contributed by atoms with van der Waals surface area (Å²) >= 11 is 0. The lowest BCUT2D eigenvalue weighted by atomic mass is 10.3. The van der Waals surface area contributed by atoms with Crippen molar-refractivity contribution in [3.8, 4) is 0 Å². The molecule has 1 N–H and O–H groups in total. The normalized spacial score (nSPS) is 13.4. The van der Waals surface area contributed by atoms with E-state index < -0.39 is 0 Å². The third kappa shape index (κ3) is 7.95. The molecule has 0 heterocycles. The van der Waals surface area contributed by atoms with Crippen molar-refractivity contribution < 1.29 is 4.74 Å². The summed E-state index contributed by atoms with van der Waals surface area (Å²) in [5.41, 5.74) is 0.896. The predicted octanol–water partition coefficient (Wildman–Crippen LogP) is 3.96. The molecule has 0 bridgehead atoms. The molecule has 0 spiro atoms. The van der Waals surface area contributed by atoms with Crippen molar-refractivity contribution in [2.45, 2.75) is 13.8 Å². The van der Waals surface area contributed by atoms with E-state index in [-0.39, 0.29) is 5.90 Å². The Balaban J connectivity index is 4.27. The molecule has 16 heavy (non-hydrogen) atoms. The molecular formula is C13H18NOP. The highest BCUT2D eigenvalue weighted by Gasteiger charge is 1.90. The lowest BCUT2D eigenvalue weighted by Gasteiger charge is -1.98. The number of nitrogens with one attached hydrogen (secondary N) is 1.